The zero-order chi connectivity index (χ0) is 20.1. The van der Waals surface area contributed by atoms with Crippen LogP contribution in [0.2, 0.25) is 5.02 Å². The van der Waals surface area contributed by atoms with E-state index >= 15 is 0 Å². The molecule has 3 rings (SSSR count). The smallest absolute Gasteiger partial charge is 0.251 e. The summed E-state index contributed by atoms with van der Waals surface area (Å²) in [6.45, 7) is 0.310. The Morgan fingerprint density at radius 1 is 1.14 bits per heavy atom. The van der Waals surface area contributed by atoms with Crippen molar-refractivity contribution in [3.05, 3.63) is 58.6 Å². The van der Waals surface area contributed by atoms with Crippen molar-refractivity contribution < 1.29 is 17.9 Å². The maximum absolute atomic E-state index is 12.8. The SMILES string of the molecule is COc1ccc(C(=O)NCc2ccc(Cl)cc2)cc1S(=O)(=O)NC1CCCC1. The lowest BCUT2D eigenvalue weighted by Crippen LogP contribution is -2.33. The number of methoxy groups -OCH3 is 1. The molecule has 0 unspecified atom stereocenters. The van der Waals surface area contributed by atoms with E-state index in [4.69, 9.17) is 16.3 Å². The molecule has 1 amide bonds. The molecule has 0 atom stereocenters. The minimum Gasteiger partial charge on any atom is -0.495 e. The van der Waals surface area contributed by atoms with Gasteiger partial charge in [0, 0.05) is 23.2 Å². The Hall–Kier alpha value is -2.09. The lowest BCUT2D eigenvalue weighted by Gasteiger charge is -2.16. The molecule has 28 heavy (non-hydrogen) atoms. The van der Waals surface area contributed by atoms with Crippen molar-refractivity contribution in [3.8, 4) is 5.75 Å². The summed E-state index contributed by atoms with van der Waals surface area (Å²) in [4.78, 5) is 12.5. The molecule has 1 aliphatic rings. The second-order valence-electron chi connectivity index (χ2n) is 6.78. The molecule has 2 aromatic rings. The quantitative estimate of drug-likeness (QED) is 0.715. The maximum atomic E-state index is 12.8. The van der Waals surface area contributed by atoms with Gasteiger partial charge >= 0.3 is 0 Å². The molecule has 0 spiro atoms. The molecule has 0 aliphatic heterocycles. The number of benzene rings is 2. The summed E-state index contributed by atoms with van der Waals surface area (Å²) in [5.41, 5.74) is 1.14. The molecular weight excluding hydrogens is 400 g/mol. The summed E-state index contributed by atoms with van der Waals surface area (Å²) in [5.74, 6) is -0.158. The van der Waals surface area contributed by atoms with Crippen LogP contribution in [-0.4, -0.2) is 27.5 Å². The van der Waals surface area contributed by atoms with Crippen LogP contribution in [0.1, 0.15) is 41.6 Å². The third-order valence-corrected chi connectivity index (χ3v) is 6.55. The molecule has 6 nitrogen and oxygen atoms in total. The largest absolute Gasteiger partial charge is 0.495 e. The number of amides is 1. The van der Waals surface area contributed by atoms with Crippen molar-refractivity contribution in [2.45, 2.75) is 43.2 Å². The van der Waals surface area contributed by atoms with Crippen LogP contribution in [0.5, 0.6) is 5.75 Å². The summed E-state index contributed by atoms with van der Waals surface area (Å²) < 4.78 is 33.6. The minimum atomic E-state index is -3.78. The molecule has 0 bridgehead atoms. The summed E-state index contributed by atoms with van der Waals surface area (Å²) in [5, 5.41) is 3.41. The van der Waals surface area contributed by atoms with Crippen LogP contribution in [0.4, 0.5) is 0 Å². The van der Waals surface area contributed by atoms with E-state index in [9.17, 15) is 13.2 Å². The summed E-state index contributed by atoms with van der Waals surface area (Å²) in [6.07, 6.45) is 3.67. The van der Waals surface area contributed by atoms with Crippen molar-refractivity contribution in [1.29, 1.82) is 0 Å². The number of halogens is 1. The standard InChI is InChI=1S/C20H23ClN2O4S/c1-27-18-11-8-15(20(24)22-13-14-6-9-16(21)10-7-14)12-19(18)28(25,26)23-17-4-2-3-5-17/h6-12,17,23H,2-5,13H2,1H3,(H,22,24). The molecule has 0 heterocycles. The molecule has 2 N–H and O–H groups in total. The van der Waals surface area contributed by atoms with Crippen molar-refractivity contribution >= 4 is 27.5 Å². The van der Waals surface area contributed by atoms with Gasteiger partial charge in [-0.2, -0.15) is 0 Å². The predicted octanol–water partition coefficient (Wildman–Crippen LogP) is 3.50. The lowest BCUT2D eigenvalue weighted by molar-refractivity contribution is 0.0950. The maximum Gasteiger partial charge on any atom is 0.251 e. The normalized spacial score (nSPS) is 14.8. The fourth-order valence-corrected chi connectivity index (χ4v) is 4.87. The van der Waals surface area contributed by atoms with Gasteiger partial charge in [0.1, 0.15) is 10.6 Å². The second kappa shape index (κ2) is 8.94. The number of sulfonamides is 1. The number of carbonyl (C=O) groups excluding carboxylic acids is 1. The number of rotatable bonds is 7. The van der Waals surface area contributed by atoms with Crippen LogP contribution < -0.4 is 14.8 Å². The average molecular weight is 423 g/mol. The third-order valence-electron chi connectivity index (χ3n) is 4.76. The molecule has 150 valence electrons. The number of carbonyl (C=O) groups is 1. The zero-order valence-corrected chi connectivity index (χ0v) is 17.1. The van der Waals surface area contributed by atoms with E-state index in [1.165, 1.54) is 19.2 Å². The Morgan fingerprint density at radius 2 is 1.82 bits per heavy atom. The molecule has 8 heteroatoms. The van der Waals surface area contributed by atoms with Gasteiger partial charge in [0.15, 0.2) is 0 Å². The van der Waals surface area contributed by atoms with Gasteiger partial charge in [0.05, 0.1) is 7.11 Å². The molecule has 1 fully saturated rings. The fourth-order valence-electron chi connectivity index (χ4n) is 3.24. The molecule has 2 aromatic carbocycles. The van der Waals surface area contributed by atoms with E-state index in [0.29, 0.717) is 11.6 Å². The van der Waals surface area contributed by atoms with Gasteiger partial charge in [0.25, 0.3) is 5.91 Å². The number of hydrogen-bond donors (Lipinski definition) is 2. The van der Waals surface area contributed by atoms with E-state index in [1.54, 1.807) is 18.2 Å². The van der Waals surface area contributed by atoms with Gasteiger partial charge in [-0.3, -0.25) is 4.79 Å². The Morgan fingerprint density at radius 3 is 2.46 bits per heavy atom. The predicted molar refractivity (Wildman–Crippen MR) is 108 cm³/mol. The monoisotopic (exact) mass is 422 g/mol. The Kier molecular flexibility index (Phi) is 6.59. The molecule has 0 aromatic heterocycles. The topological polar surface area (TPSA) is 84.5 Å². The number of nitrogens with one attached hydrogen (secondary N) is 2. The van der Waals surface area contributed by atoms with Crippen LogP contribution >= 0.6 is 11.6 Å². The van der Waals surface area contributed by atoms with Crippen LogP contribution in [0.15, 0.2) is 47.4 Å². The van der Waals surface area contributed by atoms with Crippen LogP contribution in [0.25, 0.3) is 0 Å². The van der Waals surface area contributed by atoms with Crippen LogP contribution in [0.3, 0.4) is 0 Å². The summed E-state index contributed by atoms with van der Waals surface area (Å²) >= 11 is 5.86. The highest BCUT2D eigenvalue weighted by atomic mass is 35.5. The number of hydrogen-bond acceptors (Lipinski definition) is 4. The van der Waals surface area contributed by atoms with Gasteiger partial charge in [-0.25, -0.2) is 13.1 Å². The van der Waals surface area contributed by atoms with E-state index in [-0.39, 0.29) is 28.2 Å². The highest BCUT2D eigenvalue weighted by Gasteiger charge is 2.26. The highest BCUT2D eigenvalue weighted by molar-refractivity contribution is 7.89. The van der Waals surface area contributed by atoms with Crippen LogP contribution in [0, 0.1) is 0 Å². The van der Waals surface area contributed by atoms with Gasteiger partial charge in [-0.05, 0) is 48.7 Å². The third kappa shape index (κ3) is 5.04. The lowest BCUT2D eigenvalue weighted by atomic mass is 10.2. The van der Waals surface area contributed by atoms with E-state index < -0.39 is 10.0 Å². The first kappa shape index (κ1) is 20.6. The van der Waals surface area contributed by atoms with Gasteiger partial charge in [-0.15, -0.1) is 0 Å². The first-order chi connectivity index (χ1) is 13.4. The molecular formula is C20H23ClN2O4S. The zero-order valence-electron chi connectivity index (χ0n) is 15.6. The van der Waals surface area contributed by atoms with Crippen LogP contribution in [-0.2, 0) is 16.6 Å². The number of ether oxygens (including phenoxy) is 1. The molecule has 1 saturated carbocycles. The molecule has 0 radical (unpaired) electrons. The van der Waals surface area contributed by atoms with Crippen molar-refractivity contribution in [3.63, 3.8) is 0 Å². The Balaban J connectivity index is 1.77. The van der Waals surface area contributed by atoms with Crippen molar-refractivity contribution in [2.24, 2.45) is 0 Å². The first-order valence-corrected chi connectivity index (χ1v) is 11.0. The Labute approximate surface area is 170 Å². The first-order valence-electron chi connectivity index (χ1n) is 9.12. The molecule has 1 aliphatic carbocycles. The minimum absolute atomic E-state index is 0.0268. The Bertz CT molecular complexity index is 939. The second-order valence-corrected chi connectivity index (χ2v) is 8.90. The highest BCUT2D eigenvalue weighted by Crippen LogP contribution is 2.27. The van der Waals surface area contributed by atoms with Gasteiger partial charge in [0.2, 0.25) is 10.0 Å². The van der Waals surface area contributed by atoms with Crippen molar-refractivity contribution in [1.82, 2.24) is 10.0 Å². The van der Waals surface area contributed by atoms with Gasteiger partial charge < -0.3 is 10.1 Å². The fraction of sp³-hybridized carbons (Fsp3) is 0.350. The van der Waals surface area contributed by atoms with Crippen molar-refractivity contribution in [2.75, 3.05) is 7.11 Å². The average Bonchev–Trinajstić information content (AvgIpc) is 3.19. The van der Waals surface area contributed by atoms with E-state index in [2.05, 4.69) is 10.0 Å². The molecule has 0 saturated heterocycles. The van der Waals surface area contributed by atoms with E-state index in [1.807, 2.05) is 12.1 Å². The summed E-state index contributed by atoms with van der Waals surface area (Å²) in [7, 11) is -2.38. The summed E-state index contributed by atoms with van der Waals surface area (Å²) in [6, 6.07) is 11.5. The van der Waals surface area contributed by atoms with Gasteiger partial charge in [-0.1, -0.05) is 36.6 Å². The van der Waals surface area contributed by atoms with E-state index in [0.717, 1.165) is 31.2 Å².